The Morgan fingerprint density at radius 3 is 3.00 bits per heavy atom. The van der Waals surface area contributed by atoms with Gasteiger partial charge in [0.1, 0.15) is 0 Å². The van der Waals surface area contributed by atoms with Gasteiger partial charge in [0.25, 0.3) is 0 Å². The molecule has 1 saturated heterocycles. The van der Waals surface area contributed by atoms with E-state index in [0.29, 0.717) is 18.2 Å². The summed E-state index contributed by atoms with van der Waals surface area (Å²) in [4.78, 5) is 13.2. The van der Waals surface area contributed by atoms with Crippen molar-refractivity contribution in [3.05, 3.63) is 28.2 Å². The molecular formula is C13H16BrNO3. The molecule has 1 heterocycles. The lowest BCUT2D eigenvalue weighted by Crippen LogP contribution is -2.45. The second kappa shape index (κ2) is 5.71. The van der Waals surface area contributed by atoms with E-state index in [1.54, 1.807) is 12.1 Å². The first kappa shape index (κ1) is 13.4. The van der Waals surface area contributed by atoms with Gasteiger partial charge in [0, 0.05) is 11.0 Å². The van der Waals surface area contributed by atoms with Crippen molar-refractivity contribution in [3.63, 3.8) is 0 Å². The van der Waals surface area contributed by atoms with Crippen LogP contribution in [0.2, 0.25) is 0 Å². The first-order valence-electron chi connectivity index (χ1n) is 6.00. The van der Waals surface area contributed by atoms with Crippen molar-refractivity contribution in [1.82, 2.24) is 0 Å². The monoisotopic (exact) mass is 313 g/mol. The van der Waals surface area contributed by atoms with E-state index in [4.69, 9.17) is 9.84 Å². The minimum atomic E-state index is -0.906. The maximum absolute atomic E-state index is 10.9. The molecule has 1 aromatic rings. The van der Waals surface area contributed by atoms with Gasteiger partial charge in [-0.25, -0.2) is 4.79 Å². The smallest absolute Gasteiger partial charge is 0.335 e. The van der Waals surface area contributed by atoms with Gasteiger partial charge in [0.15, 0.2) is 0 Å². The number of hydrogen-bond acceptors (Lipinski definition) is 3. The lowest BCUT2D eigenvalue weighted by molar-refractivity contribution is 0.0696. The molecule has 1 fully saturated rings. The number of carbonyl (C=O) groups is 1. The highest BCUT2D eigenvalue weighted by atomic mass is 79.9. The number of aromatic carboxylic acids is 1. The number of anilines is 1. The zero-order chi connectivity index (χ0) is 13.1. The van der Waals surface area contributed by atoms with Crippen LogP contribution in [-0.4, -0.2) is 36.9 Å². The predicted octanol–water partition coefficient (Wildman–Crippen LogP) is 2.76. The molecular weight excluding hydrogens is 298 g/mol. The highest BCUT2D eigenvalue weighted by molar-refractivity contribution is 9.10. The molecule has 98 valence electrons. The topological polar surface area (TPSA) is 49.8 Å². The zero-order valence-corrected chi connectivity index (χ0v) is 11.8. The first-order chi connectivity index (χ1) is 8.63. The van der Waals surface area contributed by atoms with Gasteiger partial charge in [0.05, 0.1) is 30.5 Å². The number of hydrogen-bond donors (Lipinski definition) is 1. The summed E-state index contributed by atoms with van der Waals surface area (Å²) >= 11 is 3.46. The number of ether oxygens (including phenoxy) is 1. The number of morpholine rings is 1. The van der Waals surface area contributed by atoms with Gasteiger partial charge in [-0.3, -0.25) is 0 Å². The van der Waals surface area contributed by atoms with Gasteiger partial charge in [-0.1, -0.05) is 6.92 Å². The fourth-order valence-corrected chi connectivity index (χ4v) is 2.79. The number of rotatable bonds is 3. The molecule has 2 rings (SSSR count). The van der Waals surface area contributed by atoms with E-state index in [0.717, 1.165) is 29.7 Å². The number of nitrogens with zero attached hydrogens (tertiary/aromatic N) is 1. The third kappa shape index (κ3) is 2.67. The maximum Gasteiger partial charge on any atom is 0.335 e. The minimum absolute atomic E-state index is 0.298. The van der Waals surface area contributed by atoms with E-state index in [9.17, 15) is 4.79 Å². The summed E-state index contributed by atoms with van der Waals surface area (Å²) in [6.45, 7) is 4.41. The minimum Gasteiger partial charge on any atom is -0.478 e. The SMILES string of the molecule is CCC1COCCN1c1ccc(C(=O)O)cc1Br. The number of halogens is 1. The van der Waals surface area contributed by atoms with Gasteiger partial charge in [0.2, 0.25) is 0 Å². The van der Waals surface area contributed by atoms with E-state index >= 15 is 0 Å². The van der Waals surface area contributed by atoms with Crippen molar-refractivity contribution < 1.29 is 14.6 Å². The summed E-state index contributed by atoms with van der Waals surface area (Å²) in [5, 5.41) is 8.95. The fourth-order valence-electron chi connectivity index (χ4n) is 2.18. The summed E-state index contributed by atoms with van der Waals surface area (Å²) in [6, 6.07) is 5.51. The van der Waals surface area contributed by atoms with Crippen molar-refractivity contribution in [3.8, 4) is 0 Å². The summed E-state index contributed by atoms with van der Waals surface area (Å²) in [6.07, 6.45) is 1.01. The van der Waals surface area contributed by atoms with Crippen LogP contribution in [0, 0.1) is 0 Å². The quantitative estimate of drug-likeness (QED) is 0.932. The van der Waals surface area contributed by atoms with E-state index in [1.165, 1.54) is 0 Å². The maximum atomic E-state index is 10.9. The number of carboxylic acid groups (broad SMARTS) is 1. The molecule has 1 atom stereocenters. The molecule has 4 nitrogen and oxygen atoms in total. The Bertz CT molecular complexity index is 450. The van der Waals surface area contributed by atoms with Crippen LogP contribution in [0.15, 0.2) is 22.7 Å². The predicted molar refractivity (Wildman–Crippen MR) is 73.3 cm³/mol. The van der Waals surface area contributed by atoms with Gasteiger partial charge in [-0.05, 0) is 40.5 Å². The van der Waals surface area contributed by atoms with E-state index in [1.807, 2.05) is 6.07 Å². The summed E-state index contributed by atoms with van der Waals surface area (Å²) < 4.78 is 6.30. The Morgan fingerprint density at radius 1 is 1.61 bits per heavy atom. The van der Waals surface area contributed by atoms with Crippen molar-refractivity contribution in [2.75, 3.05) is 24.7 Å². The molecule has 0 amide bonds. The normalized spacial score (nSPS) is 19.9. The Morgan fingerprint density at radius 2 is 2.39 bits per heavy atom. The van der Waals surface area contributed by atoms with E-state index in [-0.39, 0.29) is 0 Å². The second-order valence-electron chi connectivity index (χ2n) is 4.30. The Balaban J connectivity index is 2.29. The third-order valence-corrected chi connectivity index (χ3v) is 3.84. The number of benzene rings is 1. The molecule has 5 heteroatoms. The highest BCUT2D eigenvalue weighted by Crippen LogP contribution is 2.30. The lowest BCUT2D eigenvalue weighted by Gasteiger charge is -2.37. The Kier molecular flexibility index (Phi) is 4.24. The second-order valence-corrected chi connectivity index (χ2v) is 5.16. The van der Waals surface area contributed by atoms with Gasteiger partial charge in [-0.15, -0.1) is 0 Å². The summed E-state index contributed by atoms with van der Waals surface area (Å²) in [7, 11) is 0. The summed E-state index contributed by atoms with van der Waals surface area (Å²) in [5.41, 5.74) is 1.34. The van der Waals surface area contributed by atoms with Crippen molar-refractivity contribution in [2.45, 2.75) is 19.4 Å². The summed E-state index contributed by atoms with van der Waals surface area (Å²) in [5.74, 6) is -0.906. The molecule has 1 aliphatic heterocycles. The Labute approximate surface area is 115 Å². The van der Waals surface area contributed by atoms with E-state index < -0.39 is 5.97 Å². The molecule has 1 unspecified atom stereocenters. The first-order valence-corrected chi connectivity index (χ1v) is 6.80. The average molecular weight is 314 g/mol. The van der Waals surface area contributed by atoms with Crippen LogP contribution >= 0.6 is 15.9 Å². The molecule has 1 N–H and O–H groups in total. The fraction of sp³-hybridized carbons (Fsp3) is 0.462. The van der Waals surface area contributed by atoms with Crippen LogP contribution in [0.3, 0.4) is 0 Å². The van der Waals surface area contributed by atoms with Crippen LogP contribution in [-0.2, 0) is 4.74 Å². The molecule has 0 saturated carbocycles. The van der Waals surface area contributed by atoms with E-state index in [2.05, 4.69) is 27.8 Å². The van der Waals surface area contributed by atoms with Crippen molar-refractivity contribution in [2.24, 2.45) is 0 Å². The van der Waals surface area contributed by atoms with Crippen LogP contribution < -0.4 is 4.90 Å². The van der Waals surface area contributed by atoms with Crippen LogP contribution in [0.5, 0.6) is 0 Å². The molecule has 0 radical (unpaired) electrons. The molecule has 1 aromatic carbocycles. The van der Waals surface area contributed by atoms with Gasteiger partial charge in [-0.2, -0.15) is 0 Å². The molecule has 0 spiro atoms. The van der Waals surface area contributed by atoms with Crippen molar-refractivity contribution >= 4 is 27.6 Å². The molecule has 1 aliphatic rings. The molecule has 0 aromatic heterocycles. The number of carboxylic acids is 1. The highest BCUT2D eigenvalue weighted by Gasteiger charge is 2.23. The molecule has 18 heavy (non-hydrogen) atoms. The average Bonchev–Trinajstić information content (AvgIpc) is 2.38. The third-order valence-electron chi connectivity index (χ3n) is 3.20. The Hall–Kier alpha value is -1.07. The zero-order valence-electron chi connectivity index (χ0n) is 10.2. The standard InChI is InChI=1S/C13H16BrNO3/c1-2-10-8-18-6-5-15(10)12-4-3-9(13(16)17)7-11(12)14/h3-4,7,10H,2,5-6,8H2,1H3,(H,16,17). The molecule has 0 aliphatic carbocycles. The van der Waals surface area contributed by atoms with Gasteiger partial charge < -0.3 is 14.7 Å². The largest absolute Gasteiger partial charge is 0.478 e. The van der Waals surface area contributed by atoms with Crippen molar-refractivity contribution in [1.29, 1.82) is 0 Å². The van der Waals surface area contributed by atoms with Crippen LogP contribution in [0.1, 0.15) is 23.7 Å². The van der Waals surface area contributed by atoms with Crippen LogP contribution in [0.25, 0.3) is 0 Å². The van der Waals surface area contributed by atoms with Gasteiger partial charge >= 0.3 is 5.97 Å². The lowest BCUT2D eigenvalue weighted by atomic mass is 10.1. The van der Waals surface area contributed by atoms with Crippen LogP contribution in [0.4, 0.5) is 5.69 Å². The molecule has 0 bridgehead atoms.